The second-order valence-corrected chi connectivity index (χ2v) is 10.9. The molecule has 4 fully saturated rings. The summed E-state index contributed by atoms with van der Waals surface area (Å²) in [5.74, 6) is 3.54. The summed E-state index contributed by atoms with van der Waals surface area (Å²) in [5, 5.41) is 2.55. The zero-order valence-electron chi connectivity index (χ0n) is 19.0. The van der Waals surface area contributed by atoms with Crippen LogP contribution in [-0.4, -0.2) is 36.1 Å². The van der Waals surface area contributed by atoms with E-state index < -0.39 is 0 Å². The molecular weight excluding hydrogens is 392 g/mol. The van der Waals surface area contributed by atoms with Crippen LogP contribution < -0.4 is 9.80 Å². The summed E-state index contributed by atoms with van der Waals surface area (Å²) in [6.07, 6.45) is 15.3. The lowest BCUT2D eigenvalue weighted by Crippen LogP contribution is -2.20. The largest absolute Gasteiger partial charge is 0.370 e. The van der Waals surface area contributed by atoms with Crippen LogP contribution in [0.1, 0.15) is 51.4 Å². The van der Waals surface area contributed by atoms with Gasteiger partial charge >= 0.3 is 0 Å². The van der Waals surface area contributed by atoms with Gasteiger partial charge in [-0.1, -0.05) is 25.7 Å². The number of aromatic nitrogens is 2. The molecule has 4 unspecified atom stereocenters. The van der Waals surface area contributed by atoms with Gasteiger partial charge in [-0.25, -0.2) is 0 Å². The molecule has 0 amide bonds. The van der Waals surface area contributed by atoms with Crippen molar-refractivity contribution in [2.24, 2.45) is 23.7 Å². The molecule has 4 nitrogen and oxygen atoms in total. The van der Waals surface area contributed by atoms with E-state index in [0.717, 1.165) is 34.7 Å². The number of benzene rings is 1. The van der Waals surface area contributed by atoms with Crippen LogP contribution in [0.5, 0.6) is 0 Å². The first-order valence-electron chi connectivity index (χ1n) is 13.0. The Morgan fingerprint density at radius 3 is 1.28 bits per heavy atom. The lowest BCUT2D eigenvalue weighted by atomic mass is 9.82. The standard InChI is InChI=1S/C28H34N4/c1-2-6-20-16-31(15-19(20)5-1)25-11-13-29-27-23(25)9-10-24-26(12-14-30-28(24)27)32-17-21-7-3-4-8-22(21)18-32/h9-14,19-22H,1-8,15-18H2. The Balaban J connectivity index is 1.28. The lowest BCUT2D eigenvalue weighted by molar-refractivity contribution is 0.299. The second kappa shape index (κ2) is 7.60. The summed E-state index contributed by atoms with van der Waals surface area (Å²) in [6, 6.07) is 9.13. The zero-order chi connectivity index (χ0) is 21.1. The van der Waals surface area contributed by atoms with Gasteiger partial charge in [0.05, 0.1) is 11.0 Å². The van der Waals surface area contributed by atoms with Gasteiger partial charge in [0, 0.05) is 60.7 Å². The van der Waals surface area contributed by atoms with Gasteiger partial charge < -0.3 is 9.80 Å². The van der Waals surface area contributed by atoms with Crippen molar-refractivity contribution >= 4 is 33.2 Å². The van der Waals surface area contributed by atoms with Gasteiger partial charge in [-0.2, -0.15) is 0 Å². The van der Waals surface area contributed by atoms with E-state index in [0.29, 0.717) is 0 Å². The minimum Gasteiger partial charge on any atom is -0.370 e. The van der Waals surface area contributed by atoms with Crippen molar-refractivity contribution in [3.8, 4) is 0 Å². The van der Waals surface area contributed by atoms with Gasteiger partial charge in [-0.05, 0) is 73.6 Å². The van der Waals surface area contributed by atoms with Gasteiger partial charge in [-0.3, -0.25) is 9.97 Å². The Labute approximate surface area is 191 Å². The Morgan fingerprint density at radius 1 is 0.531 bits per heavy atom. The fourth-order valence-corrected chi connectivity index (χ4v) is 7.56. The van der Waals surface area contributed by atoms with Crippen molar-refractivity contribution in [2.75, 3.05) is 36.0 Å². The topological polar surface area (TPSA) is 32.3 Å². The third-order valence-electron chi connectivity index (χ3n) is 9.21. The fraction of sp³-hybridized carbons (Fsp3) is 0.571. The molecule has 3 aromatic rings. The minimum absolute atomic E-state index is 0.885. The van der Waals surface area contributed by atoms with E-state index in [-0.39, 0.29) is 0 Å². The van der Waals surface area contributed by atoms with Crippen molar-refractivity contribution in [2.45, 2.75) is 51.4 Å². The van der Waals surface area contributed by atoms with E-state index in [2.05, 4.69) is 34.1 Å². The molecule has 2 saturated heterocycles. The van der Waals surface area contributed by atoms with E-state index in [1.54, 1.807) is 0 Å². The van der Waals surface area contributed by atoms with Gasteiger partial charge in [0.15, 0.2) is 0 Å². The Hall–Kier alpha value is -2.36. The molecule has 32 heavy (non-hydrogen) atoms. The number of rotatable bonds is 2. The van der Waals surface area contributed by atoms with Crippen molar-refractivity contribution in [3.63, 3.8) is 0 Å². The SMILES string of the molecule is c1cc(N2CC3CCCCC3C2)c2ccc3c(N4CC5CCCCC5C4)ccnc3c2n1. The summed E-state index contributed by atoms with van der Waals surface area (Å²) in [7, 11) is 0. The van der Waals surface area contributed by atoms with E-state index in [4.69, 9.17) is 9.97 Å². The maximum absolute atomic E-state index is 4.86. The zero-order valence-corrected chi connectivity index (χ0v) is 19.0. The molecule has 2 saturated carbocycles. The Kier molecular flexibility index (Phi) is 4.55. The van der Waals surface area contributed by atoms with Crippen molar-refractivity contribution in [1.82, 2.24) is 9.97 Å². The minimum atomic E-state index is 0.885. The maximum Gasteiger partial charge on any atom is 0.0986 e. The van der Waals surface area contributed by atoms with Crippen LogP contribution in [0.2, 0.25) is 0 Å². The molecule has 0 radical (unpaired) electrons. The third-order valence-corrected chi connectivity index (χ3v) is 9.21. The first-order chi connectivity index (χ1) is 15.8. The first-order valence-corrected chi connectivity index (χ1v) is 13.0. The molecule has 2 aliphatic heterocycles. The van der Waals surface area contributed by atoms with Crippen molar-refractivity contribution in [3.05, 3.63) is 36.7 Å². The predicted octanol–water partition coefficient (Wildman–Crippen LogP) is 6.04. The maximum atomic E-state index is 4.86. The van der Waals surface area contributed by atoms with E-state index >= 15 is 0 Å². The molecule has 0 bridgehead atoms. The molecule has 2 aromatic heterocycles. The number of hydrogen-bond donors (Lipinski definition) is 0. The molecule has 7 rings (SSSR count). The second-order valence-electron chi connectivity index (χ2n) is 10.9. The van der Waals surface area contributed by atoms with Gasteiger partial charge in [0.2, 0.25) is 0 Å². The molecule has 0 N–H and O–H groups in total. The van der Waals surface area contributed by atoms with Gasteiger partial charge in [-0.15, -0.1) is 0 Å². The van der Waals surface area contributed by atoms with Crippen LogP contribution in [0.3, 0.4) is 0 Å². The smallest absolute Gasteiger partial charge is 0.0986 e. The highest BCUT2D eigenvalue weighted by molar-refractivity contribution is 6.10. The number of pyridine rings is 2. The lowest BCUT2D eigenvalue weighted by Gasteiger charge is -2.23. The number of hydrogen-bond acceptors (Lipinski definition) is 4. The van der Waals surface area contributed by atoms with E-state index in [1.807, 2.05) is 12.4 Å². The quantitative estimate of drug-likeness (QED) is 0.468. The normalized spacial score (nSPS) is 30.1. The van der Waals surface area contributed by atoms with Crippen molar-refractivity contribution in [1.29, 1.82) is 0 Å². The van der Waals surface area contributed by atoms with Crippen LogP contribution >= 0.6 is 0 Å². The number of anilines is 2. The van der Waals surface area contributed by atoms with Crippen LogP contribution in [0.15, 0.2) is 36.7 Å². The van der Waals surface area contributed by atoms with Gasteiger partial charge in [0.1, 0.15) is 0 Å². The molecular formula is C28H34N4. The Bertz CT molecular complexity index is 1040. The summed E-state index contributed by atoms with van der Waals surface area (Å²) in [4.78, 5) is 15.0. The fourth-order valence-electron chi connectivity index (χ4n) is 7.56. The summed E-state index contributed by atoms with van der Waals surface area (Å²) < 4.78 is 0. The highest BCUT2D eigenvalue weighted by atomic mass is 15.2. The highest BCUT2D eigenvalue weighted by Crippen LogP contribution is 2.43. The van der Waals surface area contributed by atoms with Gasteiger partial charge in [0.25, 0.3) is 0 Å². The molecule has 4 atom stereocenters. The summed E-state index contributed by atoms with van der Waals surface area (Å²) in [6.45, 7) is 4.86. The average Bonchev–Trinajstić information content (AvgIpc) is 3.47. The van der Waals surface area contributed by atoms with Crippen LogP contribution in [-0.2, 0) is 0 Å². The molecule has 4 heterocycles. The van der Waals surface area contributed by atoms with Crippen LogP contribution in [0.25, 0.3) is 21.8 Å². The monoisotopic (exact) mass is 426 g/mol. The number of nitrogens with zero attached hydrogens (tertiary/aromatic N) is 4. The van der Waals surface area contributed by atoms with Crippen LogP contribution in [0.4, 0.5) is 11.4 Å². The Morgan fingerprint density at radius 2 is 0.906 bits per heavy atom. The number of fused-ring (bicyclic) bond motifs is 5. The van der Waals surface area contributed by atoms with Crippen molar-refractivity contribution < 1.29 is 0 Å². The van der Waals surface area contributed by atoms with E-state index in [1.165, 1.54) is 99.7 Å². The average molecular weight is 427 g/mol. The molecule has 4 aliphatic rings. The van der Waals surface area contributed by atoms with E-state index in [9.17, 15) is 0 Å². The molecule has 0 spiro atoms. The molecule has 166 valence electrons. The molecule has 2 aliphatic carbocycles. The first kappa shape index (κ1) is 19.1. The molecule has 1 aromatic carbocycles. The third kappa shape index (κ3) is 3.02. The predicted molar refractivity (Wildman–Crippen MR) is 132 cm³/mol. The summed E-state index contributed by atoms with van der Waals surface area (Å²) in [5.41, 5.74) is 4.89. The molecule has 4 heteroatoms. The highest BCUT2D eigenvalue weighted by Gasteiger charge is 2.36. The van der Waals surface area contributed by atoms with Crippen LogP contribution in [0, 0.1) is 23.7 Å². The summed E-state index contributed by atoms with van der Waals surface area (Å²) >= 11 is 0.